The molecule has 0 aromatic heterocycles. The Balaban J connectivity index is 3.02. The third-order valence-corrected chi connectivity index (χ3v) is 3.07. The van der Waals surface area contributed by atoms with Crippen LogP contribution in [0.5, 0.6) is 0 Å². The van der Waals surface area contributed by atoms with Crippen LogP contribution in [0.25, 0.3) is 0 Å². The molecule has 4 nitrogen and oxygen atoms in total. The van der Waals surface area contributed by atoms with Crippen LogP contribution < -0.4 is 5.32 Å². The van der Waals surface area contributed by atoms with E-state index in [9.17, 15) is 9.59 Å². The summed E-state index contributed by atoms with van der Waals surface area (Å²) in [6, 6.07) is 0. The lowest BCUT2D eigenvalue weighted by Gasteiger charge is -2.38. The summed E-state index contributed by atoms with van der Waals surface area (Å²) in [6.45, 7) is 5.97. The molecule has 1 heterocycles. The topological polar surface area (TPSA) is 49.4 Å². The van der Waals surface area contributed by atoms with E-state index < -0.39 is 5.41 Å². The van der Waals surface area contributed by atoms with Crippen LogP contribution in [-0.4, -0.2) is 28.4 Å². The summed E-state index contributed by atoms with van der Waals surface area (Å²) >= 11 is 4.94. The Hall–Kier alpha value is -0.970. The molecule has 15 heavy (non-hydrogen) atoms. The number of thiocarbonyl (C=S) groups is 1. The van der Waals surface area contributed by atoms with Crippen LogP contribution >= 0.6 is 12.2 Å². The number of rotatable bonds is 3. The summed E-state index contributed by atoms with van der Waals surface area (Å²) in [4.78, 5) is 25.3. The molecule has 84 valence electrons. The highest BCUT2D eigenvalue weighted by molar-refractivity contribution is 7.80. The molecule has 2 amide bonds. The Morgan fingerprint density at radius 2 is 2.00 bits per heavy atom. The first kappa shape index (κ1) is 12.1. The number of carbonyl (C=O) groups excluding carboxylic acids is 2. The van der Waals surface area contributed by atoms with Gasteiger partial charge in [-0.3, -0.25) is 14.5 Å². The molecular formula is C10H16N2O2S. The predicted molar refractivity (Wildman–Crippen MR) is 61.1 cm³/mol. The maximum atomic E-state index is 12.1. The number of hydrogen-bond acceptors (Lipinski definition) is 3. The minimum absolute atomic E-state index is 0.180. The van der Waals surface area contributed by atoms with Gasteiger partial charge in [0.1, 0.15) is 5.41 Å². The molecule has 1 aliphatic heterocycles. The zero-order valence-corrected chi connectivity index (χ0v) is 10.1. The molecule has 1 fully saturated rings. The van der Waals surface area contributed by atoms with Gasteiger partial charge in [-0.1, -0.05) is 13.3 Å². The molecule has 1 atom stereocenters. The van der Waals surface area contributed by atoms with Crippen molar-refractivity contribution in [1.29, 1.82) is 0 Å². The van der Waals surface area contributed by atoms with E-state index in [1.54, 1.807) is 6.92 Å². The summed E-state index contributed by atoms with van der Waals surface area (Å²) < 4.78 is 0. The van der Waals surface area contributed by atoms with E-state index in [4.69, 9.17) is 12.2 Å². The summed E-state index contributed by atoms with van der Waals surface area (Å²) in [5, 5.41) is 2.81. The van der Waals surface area contributed by atoms with Gasteiger partial charge in [0.25, 0.3) is 0 Å². The molecule has 1 saturated heterocycles. The second-order valence-electron chi connectivity index (χ2n) is 3.89. The fourth-order valence-electron chi connectivity index (χ4n) is 1.80. The first-order valence-electron chi connectivity index (χ1n) is 5.14. The lowest BCUT2D eigenvalue weighted by molar-refractivity contribution is -0.149. The monoisotopic (exact) mass is 228 g/mol. The smallest absolute Gasteiger partial charge is 0.244 e. The van der Waals surface area contributed by atoms with Gasteiger partial charge < -0.3 is 5.32 Å². The van der Waals surface area contributed by atoms with Gasteiger partial charge in [0.2, 0.25) is 11.8 Å². The average molecular weight is 228 g/mol. The number of amides is 2. The lowest BCUT2D eigenvalue weighted by atomic mass is 9.82. The summed E-state index contributed by atoms with van der Waals surface area (Å²) in [5.74, 6) is -0.454. The Labute approximate surface area is 95.0 Å². The van der Waals surface area contributed by atoms with Crippen molar-refractivity contribution in [2.75, 3.05) is 6.54 Å². The number of nitrogens with zero attached hydrogens (tertiary/aromatic N) is 1. The highest BCUT2D eigenvalue weighted by Crippen LogP contribution is 2.29. The van der Waals surface area contributed by atoms with Crippen molar-refractivity contribution in [2.45, 2.75) is 33.6 Å². The standard InChI is InChI=1S/C10H16N2O2S/c1-4-6-10(3)7(13)11-9(15)12(5-2)8(10)14/h4-6H2,1-3H3,(H,11,13,15). The van der Waals surface area contributed by atoms with E-state index in [-0.39, 0.29) is 16.9 Å². The van der Waals surface area contributed by atoms with Gasteiger partial charge in [0.15, 0.2) is 5.11 Å². The largest absolute Gasteiger partial charge is 0.302 e. The lowest BCUT2D eigenvalue weighted by Crippen LogP contribution is -2.62. The molecule has 1 unspecified atom stereocenters. The Bertz CT molecular complexity index is 317. The molecule has 0 aromatic carbocycles. The van der Waals surface area contributed by atoms with Gasteiger partial charge in [-0.2, -0.15) is 0 Å². The maximum absolute atomic E-state index is 12.1. The first-order valence-corrected chi connectivity index (χ1v) is 5.55. The number of carbonyl (C=O) groups is 2. The van der Waals surface area contributed by atoms with Crippen molar-refractivity contribution < 1.29 is 9.59 Å². The highest BCUT2D eigenvalue weighted by atomic mass is 32.1. The number of nitrogens with one attached hydrogen (secondary N) is 1. The van der Waals surface area contributed by atoms with E-state index in [1.807, 2.05) is 13.8 Å². The van der Waals surface area contributed by atoms with Gasteiger partial charge in [-0.05, 0) is 32.5 Å². The van der Waals surface area contributed by atoms with Crippen molar-refractivity contribution in [3.05, 3.63) is 0 Å². The van der Waals surface area contributed by atoms with Crippen LogP contribution in [0, 0.1) is 5.41 Å². The van der Waals surface area contributed by atoms with Crippen LogP contribution in [0.1, 0.15) is 33.6 Å². The molecule has 0 radical (unpaired) electrons. The molecule has 0 spiro atoms. The van der Waals surface area contributed by atoms with Crippen molar-refractivity contribution in [3.8, 4) is 0 Å². The van der Waals surface area contributed by atoms with E-state index in [0.717, 1.165) is 6.42 Å². The van der Waals surface area contributed by atoms with Crippen LogP contribution in [0.2, 0.25) is 0 Å². The fraction of sp³-hybridized carbons (Fsp3) is 0.700. The summed E-state index contributed by atoms with van der Waals surface area (Å²) in [5.41, 5.74) is -0.951. The third-order valence-electron chi connectivity index (χ3n) is 2.75. The van der Waals surface area contributed by atoms with Crippen molar-refractivity contribution in [2.24, 2.45) is 5.41 Å². The summed E-state index contributed by atoms with van der Waals surface area (Å²) in [7, 11) is 0. The van der Waals surface area contributed by atoms with Gasteiger partial charge in [-0.25, -0.2) is 0 Å². The van der Waals surface area contributed by atoms with E-state index >= 15 is 0 Å². The van der Waals surface area contributed by atoms with E-state index in [1.165, 1.54) is 4.90 Å². The molecular weight excluding hydrogens is 212 g/mol. The van der Waals surface area contributed by atoms with Crippen LogP contribution in [0.15, 0.2) is 0 Å². The van der Waals surface area contributed by atoms with Gasteiger partial charge in [0.05, 0.1) is 0 Å². The number of hydrogen-bond donors (Lipinski definition) is 1. The van der Waals surface area contributed by atoms with E-state index in [2.05, 4.69) is 5.32 Å². The molecule has 0 bridgehead atoms. The van der Waals surface area contributed by atoms with Crippen molar-refractivity contribution in [1.82, 2.24) is 10.2 Å². The third kappa shape index (κ3) is 1.88. The predicted octanol–water partition coefficient (Wildman–Crippen LogP) is 1.06. The van der Waals surface area contributed by atoms with Crippen LogP contribution in [0.3, 0.4) is 0 Å². The molecule has 1 aliphatic rings. The minimum atomic E-state index is -0.951. The van der Waals surface area contributed by atoms with Crippen molar-refractivity contribution in [3.63, 3.8) is 0 Å². The first-order chi connectivity index (χ1) is 6.97. The Kier molecular flexibility index (Phi) is 3.44. The van der Waals surface area contributed by atoms with Gasteiger partial charge in [-0.15, -0.1) is 0 Å². The molecule has 5 heteroatoms. The van der Waals surface area contributed by atoms with Gasteiger partial charge in [0, 0.05) is 6.54 Å². The zero-order chi connectivity index (χ0) is 11.6. The molecule has 0 aliphatic carbocycles. The van der Waals surface area contributed by atoms with Gasteiger partial charge >= 0.3 is 0 Å². The normalized spacial score (nSPS) is 26.9. The molecule has 1 N–H and O–H groups in total. The fourth-order valence-corrected chi connectivity index (χ4v) is 2.10. The minimum Gasteiger partial charge on any atom is -0.302 e. The second-order valence-corrected chi connectivity index (χ2v) is 4.28. The zero-order valence-electron chi connectivity index (χ0n) is 9.29. The van der Waals surface area contributed by atoms with E-state index in [0.29, 0.717) is 13.0 Å². The highest BCUT2D eigenvalue weighted by Gasteiger charge is 2.47. The van der Waals surface area contributed by atoms with Crippen LogP contribution in [-0.2, 0) is 9.59 Å². The van der Waals surface area contributed by atoms with Crippen LogP contribution in [0.4, 0.5) is 0 Å². The Morgan fingerprint density at radius 3 is 2.47 bits per heavy atom. The quantitative estimate of drug-likeness (QED) is 0.580. The Morgan fingerprint density at radius 1 is 1.40 bits per heavy atom. The maximum Gasteiger partial charge on any atom is 0.244 e. The SMILES string of the molecule is CCCC1(C)C(=O)NC(=S)N(CC)C1=O. The molecule has 0 saturated carbocycles. The van der Waals surface area contributed by atoms with Crippen molar-refractivity contribution >= 4 is 29.1 Å². The molecule has 1 rings (SSSR count). The summed E-state index contributed by atoms with van der Waals surface area (Å²) in [6.07, 6.45) is 1.34. The average Bonchev–Trinajstić information content (AvgIpc) is 2.16. The second kappa shape index (κ2) is 4.26. The molecule has 0 aromatic rings.